The molecule has 0 unspecified atom stereocenters. The highest BCUT2D eigenvalue weighted by atomic mass is 32.1. The molecule has 4 aromatic rings. The molecule has 0 atom stereocenters. The summed E-state index contributed by atoms with van der Waals surface area (Å²) in [5, 5.41) is 4.16. The second-order valence-corrected chi connectivity index (χ2v) is 5.71. The van der Waals surface area contributed by atoms with E-state index in [0.29, 0.717) is 0 Å². The molecule has 0 bridgehead atoms. The fraction of sp³-hybridized carbons (Fsp3) is 0. The van der Waals surface area contributed by atoms with Crippen molar-refractivity contribution < 1.29 is 0 Å². The highest BCUT2D eigenvalue weighted by Gasteiger charge is 2.05. The Morgan fingerprint density at radius 2 is 1.86 bits per heavy atom. The van der Waals surface area contributed by atoms with Crippen LogP contribution in [0.4, 0.5) is 10.8 Å². The molecule has 1 N–H and O–H groups in total. The topological polar surface area (TPSA) is 63.6 Å². The minimum atomic E-state index is 0.766. The Bertz CT molecular complexity index is 887. The number of benzene rings is 1. The second-order valence-electron chi connectivity index (χ2n) is 4.68. The predicted octanol–water partition coefficient (Wildman–Crippen LogP) is 3.89. The average Bonchev–Trinajstić information content (AvgIpc) is 2.98. The molecule has 6 heteroatoms. The van der Waals surface area contributed by atoms with Gasteiger partial charge in [-0.25, -0.2) is 15.0 Å². The molecule has 106 valence electrons. The Kier molecular flexibility index (Phi) is 3.21. The molecular formula is C16H11N5S. The fourth-order valence-corrected chi connectivity index (χ4v) is 3.02. The van der Waals surface area contributed by atoms with Crippen LogP contribution in [-0.4, -0.2) is 19.9 Å². The lowest BCUT2D eigenvalue weighted by atomic mass is 10.1. The minimum Gasteiger partial charge on any atom is -0.331 e. The Morgan fingerprint density at radius 1 is 0.955 bits per heavy atom. The number of fused-ring (bicyclic) bond motifs is 1. The van der Waals surface area contributed by atoms with E-state index in [1.807, 2.05) is 30.3 Å². The lowest BCUT2D eigenvalue weighted by molar-refractivity contribution is 1.17. The molecule has 4 rings (SSSR count). The summed E-state index contributed by atoms with van der Waals surface area (Å²) >= 11 is 1.58. The van der Waals surface area contributed by atoms with Crippen molar-refractivity contribution in [3.63, 3.8) is 0 Å². The van der Waals surface area contributed by atoms with Crippen molar-refractivity contribution in [1.82, 2.24) is 19.9 Å². The molecule has 0 radical (unpaired) electrons. The summed E-state index contributed by atoms with van der Waals surface area (Å²) in [6.07, 6.45) is 6.88. The normalized spacial score (nSPS) is 10.7. The molecular weight excluding hydrogens is 294 g/mol. The van der Waals surface area contributed by atoms with Gasteiger partial charge in [-0.15, -0.1) is 0 Å². The first-order valence-electron chi connectivity index (χ1n) is 6.72. The van der Waals surface area contributed by atoms with Crippen molar-refractivity contribution in [3.05, 3.63) is 61.3 Å². The number of nitrogens with one attached hydrogen (secondary N) is 1. The highest BCUT2D eigenvalue weighted by Crippen LogP contribution is 2.28. The molecule has 0 aliphatic rings. The Hall–Kier alpha value is -2.86. The van der Waals surface area contributed by atoms with Crippen molar-refractivity contribution in [3.8, 4) is 11.1 Å². The lowest BCUT2D eigenvalue weighted by Crippen LogP contribution is -1.90. The molecule has 0 aliphatic carbocycles. The Labute approximate surface area is 130 Å². The number of thiazole rings is 1. The predicted molar refractivity (Wildman–Crippen MR) is 88.2 cm³/mol. The van der Waals surface area contributed by atoms with E-state index >= 15 is 0 Å². The molecule has 0 saturated heterocycles. The van der Waals surface area contributed by atoms with Gasteiger partial charge in [-0.3, -0.25) is 0 Å². The number of aromatic nitrogens is 4. The standard InChI is InChI=1S/C16H11N5S/c1-3-11(12-8-17-10-18-9-12)7-13(4-1)20-16-21-15-14(22-16)5-2-6-19-15/h1-10H,(H,19,20,21). The largest absolute Gasteiger partial charge is 0.331 e. The first kappa shape index (κ1) is 12.8. The van der Waals surface area contributed by atoms with Gasteiger partial charge in [0.2, 0.25) is 0 Å². The number of hydrogen-bond donors (Lipinski definition) is 1. The van der Waals surface area contributed by atoms with Crippen molar-refractivity contribution >= 4 is 32.5 Å². The van der Waals surface area contributed by atoms with Gasteiger partial charge >= 0.3 is 0 Å². The molecule has 3 heterocycles. The smallest absolute Gasteiger partial charge is 0.189 e. The molecule has 22 heavy (non-hydrogen) atoms. The van der Waals surface area contributed by atoms with Crippen LogP contribution in [0.3, 0.4) is 0 Å². The van der Waals surface area contributed by atoms with Gasteiger partial charge in [0, 0.05) is 29.8 Å². The second kappa shape index (κ2) is 5.50. The van der Waals surface area contributed by atoms with Crippen LogP contribution in [0.1, 0.15) is 0 Å². The van der Waals surface area contributed by atoms with Gasteiger partial charge in [-0.1, -0.05) is 23.5 Å². The Morgan fingerprint density at radius 3 is 2.73 bits per heavy atom. The van der Waals surface area contributed by atoms with Crippen LogP contribution in [0.5, 0.6) is 0 Å². The van der Waals surface area contributed by atoms with E-state index in [0.717, 1.165) is 32.3 Å². The van der Waals surface area contributed by atoms with Crippen molar-refractivity contribution in [2.24, 2.45) is 0 Å². The van der Waals surface area contributed by atoms with Crippen LogP contribution in [-0.2, 0) is 0 Å². The first-order chi connectivity index (χ1) is 10.9. The SMILES string of the molecule is c1cc(Nc2nc3ncccc3s2)cc(-c2cncnc2)c1. The van der Waals surface area contributed by atoms with Gasteiger partial charge in [-0.05, 0) is 29.8 Å². The van der Waals surface area contributed by atoms with Gasteiger partial charge in [0.1, 0.15) is 6.33 Å². The van der Waals surface area contributed by atoms with E-state index in [-0.39, 0.29) is 0 Å². The van der Waals surface area contributed by atoms with E-state index in [4.69, 9.17) is 0 Å². The van der Waals surface area contributed by atoms with Gasteiger partial charge in [0.15, 0.2) is 10.8 Å². The van der Waals surface area contributed by atoms with Crippen molar-refractivity contribution in [1.29, 1.82) is 0 Å². The first-order valence-corrected chi connectivity index (χ1v) is 7.54. The third-order valence-corrected chi connectivity index (χ3v) is 4.10. The molecule has 5 nitrogen and oxygen atoms in total. The molecule has 0 saturated carbocycles. The van der Waals surface area contributed by atoms with Crippen LogP contribution in [0, 0.1) is 0 Å². The van der Waals surface area contributed by atoms with E-state index in [1.54, 1.807) is 29.9 Å². The summed E-state index contributed by atoms with van der Waals surface area (Å²) in [6, 6.07) is 12.0. The van der Waals surface area contributed by atoms with Gasteiger partial charge in [0.05, 0.1) is 4.70 Å². The molecule has 1 aromatic carbocycles. The molecule has 0 aliphatic heterocycles. The number of hydrogen-bond acceptors (Lipinski definition) is 6. The third kappa shape index (κ3) is 2.51. The average molecular weight is 305 g/mol. The fourth-order valence-electron chi connectivity index (χ4n) is 2.17. The maximum absolute atomic E-state index is 4.48. The number of pyridine rings is 1. The van der Waals surface area contributed by atoms with Crippen LogP contribution in [0.25, 0.3) is 21.5 Å². The van der Waals surface area contributed by atoms with Crippen molar-refractivity contribution in [2.45, 2.75) is 0 Å². The highest BCUT2D eigenvalue weighted by molar-refractivity contribution is 7.22. The summed E-state index contributed by atoms with van der Waals surface area (Å²) < 4.78 is 1.07. The maximum atomic E-state index is 4.48. The quantitative estimate of drug-likeness (QED) is 0.622. The number of anilines is 2. The zero-order valence-corrected chi connectivity index (χ0v) is 12.3. The van der Waals surface area contributed by atoms with Crippen LogP contribution >= 0.6 is 11.3 Å². The van der Waals surface area contributed by atoms with E-state index in [1.165, 1.54) is 6.33 Å². The van der Waals surface area contributed by atoms with Crippen LogP contribution in [0.15, 0.2) is 61.3 Å². The summed E-state index contributed by atoms with van der Waals surface area (Å²) in [4.78, 5) is 16.8. The van der Waals surface area contributed by atoms with Crippen molar-refractivity contribution in [2.75, 3.05) is 5.32 Å². The molecule has 0 amide bonds. The van der Waals surface area contributed by atoms with Gasteiger partial charge < -0.3 is 5.32 Å². The molecule has 0 fully saturated rings. The van der Waals surface area contributed by atoms with Gasteiger partial charge in [-0.2, -0.15) is 4.98 Å². The van der Waals surface area contributed by atoms with E-state index < -0.39 is 0 Å². The zero-order chi connectivity index (χ0) is 14.8. The summed E-state index contributed by atoms with van der Waals surface area (Å²) in [6.45, 7) is 0. The third-order valence-electron chi connectivity index (χ3n) is 3.17. The summed E-state index contributed by atoms with van der Waals surface area (Å²) in [5.41, 5.74) is 3.78. The summed E-state index contributed by atoms with van der Waals surface area (Å²) in [7, 11) is 0. The maximum Gasteiger partial charge on any atom is 0.189 e. The van der Waals surface area contributed by atoms with E-state index in [2.05, 4.69) is 31.3 Å². The lowest BCUT2D eigenvalue weighted by Gasteiger charge is -2.05. The zero-order valence-electron chi connectivity index (χ0n) is 11.5. The van der Waals surface area contributed by atoms with Gasteiger partial charge in [0.25, 0.3) is 0 Å². The minimum absolute atomic E-state index is 0.766. The number of nitrogens with zero attached hydrogens (tertiary/aromatic N) is 4. The number of rotatable bonds is 3. The van der Waals surface area contributed by atoms with Crippen LogP contribution in [0.2, 0.25) is 0 Å². The summed E-state index contributed by atoms with van der Waals surface area (Å²) in [5.74, 6) is 0. The molecule has 3 aromatic heterocycles. The van der Waals surface area contributed by atoms with E-state index in [9.17, 15) is 0 Å². The Balaban J connectivity index is 1.65. The van der Waals surface area contributed by atoms with Crippen LogP contribution < -0.4 is 5.32 Å². The molecule has 0 spiro atoms. The monoisotopic (exact) mass is 305 g/mol.